The van der Waals surface area contributed by atoms with Crippen molar-refractivity contribution in [3.63, 3.8) is 0 Å². The Morgan fingerprint density at radius 3 is 2.69 bits per heavy atom. The summed E-state index contributed by atoms with van der Waals surface area (Å²) in [4.78, 5) is 0. The molecule has 0 radical (unpaired) electrons. The second-order valence-corrected chi connectivity index (χ2v) is 3.83. The third-order valence-electron chi connectivity index (χ3n) is 2.60. The zero-order valence-electron chi connectivity index (χ0n) is 10.5. The number of nitrogens with one attached hydrogen (secondary N) is 1. The molecule has 1 aromatic heterocycles. The molecule has 0 amide bonds. The number of likely N-dealkylation sites (N-methyl/N-ethyl adjacent to an activating group) is 1. The summed E-state index contributed by atoms with van der Waals surface area (Å²) >= 11 is 0. The summed E-state index contributed by atoms with van der Waals surface area (Å²) < 4.78 is 11.3. The first-order valence-corrected chi connectivity index (χ1v) is 6.21. The Morgan fingerprint density at radius 1 is 1.38 bits per heavy atom. The molecule has 1 rings (SSSR count). The van der Waals surface area contributed by atoms with Crippen LogP contribution in [-0.4, -0.2) is 19.3 Å². The molecule has 0 fully saturated rings. The zero-order chi connectivity index (χ0) is 11.8. The predicted octanol–water partition coefficient (Wildman–Crippen LogP) is 3.14. The van der Waals surface area contributed by atoms with Gasteiger partial charge in [-0.3, -0.25) is 0 Å². The summed E-state index contributed by atoms with van der Waals surface area (Å²) in [5, 5.41) is 3.44. The number of furan rings is 1. The van der Waals surface area contributed by atoms with E-state index in [1.54, 1.807) is 6.26 Å². The van der Waals surface area contributed by atoms with Gasteiger partial charge in [0.1, 0.15) is 5.76 Å². The average molecular weight is 225 g/mol. The first kappa shape index (κ1) is 13.3. The summed E-state index contributed by atoms with van der Waals surface area (Å²) in [6.07, 6.45) is 4.08. The van der Waals surface area contributed by atoms with Crippen molar-refractivity contribution < 1.29 is 9.15 Å². The van der Waals surface area contributed by atoms with Gasteiger partial charge in [0.25, 0.3) is 0 Å². The highest BCUT2D eigenvalue weighted by atomic mass is 16.5. The van der Waals surface area contributed by atoms with Crippen LogP contribution in [0.1, 0.15) is 45.4 Å². The van der Waals surface area contributed by atoms with E-state index in [-0.39, 0.29) is 12.1 Å². The molecular weight excluding hydrogens is 202 g/mol. The SMILES string of the molecule is CCCC(OCC)C(NCC)c1ccco1. The van der Waals surface area contributed by atoms with Crippen molar-refractivity contribution in [3.8, 4) is 0 Å². The van der Waals surface area contributed by atoms with Crippen molar-refractivity contribution in [2.45, 2.75) is 45.8 Å². The Kier molecular flexibility index (Phi) is 6.19. The third-order valence-corrected chi connectivity index (χ3v) is 2.60. The molecule has 3 heteroatoms. The number of ether oxygens (including phenoxy) is 1. The minimum absolute atomic E-state index is 0.167. The van der Waals surface area contributed by atoms with Gasteiger partial charge in [-0.05, 0) is 32.0 Å². The summed E-state index contributed by atoms with van der Waals surface area (Å²) in [6.45, 7) is 7.97. The van der Waals surface area contributed by atoms with Crippen LogP contribution < -0.4 is 5.32 Å². The lowest BCUT2D eigenvalue weighted by Crippen LogP contribution is -2.33. The molecule has 3 nitrogen and oxygen atoms in total. The van der Waals surface area contributed by atoms with Crippen molar-refractivity contribution >= 4 is 0 Å². The molecule has 1 N–H and O–H groups in total. The molecule has 0 bridgehead atoms. The molecule has 0 aromatic carbocycles. The molecule has 0 aliphatic heterocycles. The Bertz CT molecular complexity index is 253. The molecule has 92 valence electrons. The van der Waals surface area contributed by atoms with E-state index >= 15 is 0 Å². The summed E-state index contributed by atoms with van der Waals surface area (Å²) in [5.41, 5.74) is 0. The third kappa shape index (κ3) is 3.65. The van der Waals surface area contributed by atoms with E-state index in [1.807, 2.05) is 19.1 Å². The summed E-state index contributed by atoms with van der Waals surface area (Å²) in [5.74, 6) is 0.966. The van der Waals surface area contributed by atoms with Crippen LogP contribution in [0.25, 0.3) is 0 Å². The van der Waals surface area contributed by atoms with Gasteiger partial charge in [0.05, 0.1) is 18.4 Å². The van der Waals surface area contributed by atoms with Gasteiger partial charge in [0.2, 0.25) is 0 Å². The zero-order valence-corrected chi connectivity index (χ0v) is 10.5. The summed E-state index contributed by atoms with van der Waals surface area (Å²) in [6, 6.07) is 4.10. The molecule has 0 aliphatic rings. The van der Waals surface area contributed by atoms with E-state index in [4.69, 9.17) is 9.15 Å². The van der Waals surface area contributed by atoms with Gasteiger partial charge in [-0.15, -0.1) is 0 Å². The molecule has 1 heterocycles. The van der Waals surface area contributed by atoms with Crippen LogP contribution in [0, 0.1) is 0 Å². The Hall–Kier alpha value is -0.800. The smallest absolute Gasteiger partial charge is 0.123 e. The van der Waals surface area contributed by atoms with Crippen LogP contribution in [0.5, 0.6) is 0 Å². The van der Waals surface area contributed by atoms with E-state index in [0.717, 1.165) is 31.8 Å². The molecule has 0 saturated heterocycles. The van der Waals surface area contributed by atoms with Crippen molar-refractivity contribution in [1.82, 2.24) is 5.32 Å². The van der Waals surface area contributed by atoms with E-state index in [1.165, 1.54) is 0 Å². The highest BCUT2D eigenvalue weighted by Crippen LogP contribution is 2.23. The average Bonchev–Trinajstić information content (AvgIpc) is 2.79. The van der Waals surface area contributed by atoms with Crippen molar-refractivity contribution in [2.75, 3.05) is 13.2 Å². The van der Waals surface area contributed by atoms with Crippen LogP contribution in [0.3, 0.4) is 0 Å². The normalized spacial score (nSPS) is 14.9. The molecular formula is C13H23NO2. The lowest BCUT2D eigenvalue weighted by Gasteiger charge is -2.25. The highest BCUT2D eigenvalue weighted by molar-refractivity contribution is 5.06. The lowest BCUT2D eigenvalue weighted by atomic mass is 10.0. The Morgan fingerprint density at radius 2 is 2.19 bits per heavy atom. The predicted molar refractivity (Wildman–Crippen MR) is 65.4 cm³/mol. The fraction of sp³-hybridized carbons (Fsp3) is 0.692. The minimum atomic E-state index is 0.167. The maximum Gasteiger partial charge on any atom is 0.123 e. The van der Waals surface area contributed by atoms with Gasteiger partial charge >= 0.3 is 0 Å². The quantitative estimate of drug-likeness (QED) is 0.738. The fourth-order valence-corrected chi connectivity index (χ4v) is 1.95. The van der Waals surface area contributed by atoms with Gasteiger partial charge < -0.3 is 14.5 Å². The van der Waals surface area contributed by atoms with Gasteiger partial charge in [-0.2, -0.15) is 0 Å². The molecule has 0 aliphatic carbocycles. The van der Waals surface area contributed by atoms with Crippen molar-refractivity contribution in [3.05, 3.63) is 24.2 Å². The fourth-order valence-electron chi connectivity index (χ4n) is 1.95. The lowest BCUT2D eigenvalue weighted by molar-refractivity contribution is 0.0225. The number of hydrogen-bond donors (Lipinski definition) is 1. The highest BCUT2D eigenvalue weighted by Gasteiger charge is 2.24. The van der Waals surface area contributed by atoms with Crippen LogP contribution in [-0.2, 0) is 4.74 Å². The van der Waals surface area contributed by atoms with E-state index in [0.29, 0.717) is 0 Å². The first-order valence-electron chi connectivity index (χ1n) is 6.21. The molecule has 1 aromatic rings. The topological polar surface area (TPSA) is 34.4 Å². The van der Waals surface area contributed by atoms with Gasteiger partial charge in [-0.1, -0.05) is 20.3 Å². The van der Waals surface area contributed by atoms with Gasteiger partial charge in [-0.25, -0.2) is 0 Å². The van der Waals surface area contributed by atoms with Crippen LogP contribution in [0.2, 0.25) is 0 Å². The van der Waals surface area contributed by atoms with Gasteiger partial charge in [0, 0.05) is 6.61 Å². The van der Waals surface area contributed by atoms with Crippen LogP contribution >= 0.6 is 0 Å². The molecule has 2 unspecified atom stereocenters. The molecule has 0 saturated carbocycles. The second kappa shape index (κ2) is 7.47. The first-order chi connectivity index (χ1) is 7.83. The minimum Gasteiger partial charge on any atom is -0.468 e. The largest absolute Gasteiger partial charge is 0.468 e. The maximum absolute atomic E-state index is 5.80. The monoisotopic (exact) mass is 225 g/mol. The standard InChI is InChI=1S/C13H23NO2/c1-4-8-11(15-6-3)13(14-5-2)12-9-7-10-16-12/h7,9-11,13-14H,4-6,8H2,1-3H3. The Balaban J connectivity index is 2.72. The maximum atomic E-state index is 5.80. The van der Waals surface area contributed by atoms with E-state index in [2.05, 4.69) is 19.2 Å². The molecule has 2 atom stereocenters. The Labute approximate surface area is 98.2 Å². The number of rotatable bonds is 8. The van der Waals surface area contributed by atoms with Crippen LogP contribution in [0.15, 0.2) is 22.8 Å². The second-order valence-electron chi connectivity index (χ2n) is 3.83. The van der Waals surface area contributed by atoms with Crippen LogP contribution in [0.4, 0.5) is 0 Å². The van der Waals surface area contributed by atoms with Crippen molar-refractivity contribution in [1.29, 1.82) is 0 Å². The molecule has 16 heavy (non-hydrogen) atoms. The summed E-state index contributed by atoms with van der Waals surface area (Å²) in [7, 11) is 0. The van der Waals surface area contributed by atoms with Gasteiger partial charge in [0.15, 0.2) is 0 Å². The van der Waals surface area contributed by atoms with Crippen molar-refractivity contribution in [2.24, 2.45) is 0 Å². The number of hydrogen-bond acceptors (Lipinski definition) is 3. The van der Waals surface area contributed by atoms with E-state index < -0.39 is 0 Å². The van der Waals surface area contributed by atoms with E-state index in [9.17, 15) is 0 Å². The molecule has 0 spiro atoms.